The molecular formula is C14H21ClN2O. The van der Waals surface area contributed by atoms with Crippen LogP contribution in [0, 0.1) is 5.92 Å². The van der Waals surface area contributed by atoms with Crippen LogP contribution in [0.25, 0.3) is 0 Å². The molecule has 0 aromatic heterocycles. The number of hydrogen-bond donors (Lipinski definition) is 2. The highest BCUT2D eigenvalue weighted by atomic mass is 35.5. The maximum Gasteiger partial charge on any atom is 0.251 e. The Hall–Kier alpha value is -1.06. The summed E-state index contributed by atoms with van der Waals surface area (Å²) in [4.78, 5) is 11.9. The Morgan fingerprint density at radius 1 is 1.39 bits per heavy atom. The van der Waals surface area contributed by atoms with Crippen LogP contribution in [-0.2, 0) is 6.54 Å². The fraction of sp³-hybridized carbons (Fsp3) is 0.500. The quantitative estimate of drug-likeness (QED) is 0.862. The highest BCUT2D eigenvalue weighted by Crippen LogP contribution is 2.33. The van der Waals surface area contributed by atoms with E-state index in [2.05, 4.69) is 12.2 Å². The van der Waals surface area contributed by atoms with E-state index in [1.54, 1.807) is 0 Å². The van der Waals surface area contributed by atoms with Gasteiger partial charge in [0.1, 0.15) is 0 Å². The van der Waals surface area contributed by atoms with Gasteiger partial charge in [-0.05, 0) is 37.0 Å². The molecule has 4 heteroatoms. The Bertz CT molecular complexity index is 387. The summed E-state index contributed by atoms with van der Waals surface area (Å²) in [6.45, 7) is 2.59. The predicted molar refractivity (Wildman–Crippen MR) is 75.9 cm³/mol. The van der Waals surface area contributed by atoms with Gasteiger partial charge in [0.2, 0.25) is 0 Å². The number of hydrogen-bond acceptors (Lipinski definition) is 2. The van der Waals surface area contributed by atoms with Gasteiger partial charge in [-0.2, -0.15) is 0 Å². The van der Waals surface area contributed by atoms with Crippen molar-refractivity contribution in [3.63, 3.8) is 0 Å². The van der Waals surface area contributed by atoms with Gasteiger partial charge in [-0.3, -0.25) is 4.79 Å². The van der Waals surface area contributed by atoms with Crippen LogP contribution >= 0.6 is 12.4 Å². The second kappa shape index (κ2) is 6.76. The molecule has 3 N–H and O–H groups in total. The summed E-state index contributed by atoms with van der Waals surface area (Å²) in [6.07, 6.45) is 3.75. The highest BCUT2D eigenvalue weighted by molar-refractivity contribution is 5.94. The lowest BCUT2D eigenvalue weighted by Crippen LogP contribution is -2.32. The summed E-state index contributed by atoms with van der Waals surface area (Å²) in [5.41, 5.74) is 7.28. The van der Waals surface area contributed by atoms with Crippen LogP contribution < -0.4 is 11.1 Å². The van der Waals surface area contributed by atoms with E-state index in [0.29, 0.717) is 12.1 Å². The third-order valence-corrected chi connectivity index (χ3v) is 3.21. The van der Waals surface area contributed by atoms with Crippen LogP contribution in [0.5, 0.6) is 0 Å². The van der Waals surface area contributed by atoms with Gasteiger partial charge < -0.3 is 11.1 Å². The van der Waals surface area contributed by atoms with Gasteiger partial charge in [-0.25, -0.2) is 0 Å². The SMILES string of the molecule is CC(CC1CC1)NC(=O)c1ccc(CN)cc1.Cl. The Kier molecular flexibility index (Phi) is 5.63. The molecule has 0 heterocycles. The molecule has 0 spiro atoms. The fourth-order valence-electron chi connectivity index (χ4n) is 2.01. The van der Waals surface area contributed by atoms with Crippen molar-refractivity contribution in [1.82, 2.24) is 5.32 Å². The Labute approximate surface area is 115 Å². The van der Waals surface area contributed by atoms with E-state index in [4.69, 9.17) is 5.73 Å². The van der Waals surface area contributed by atoms with E-state index in [9.17, 15) is 4.79 Å². The lowest BCUT2D eigenvalue weighted by atomic mass is 10.1. The maximum atomic E-state index is 11.9. The smallest absolute Gasteiger partial charge is 0.251 e. The molecule has 0 bridgehead atoms. The zero-order valence-corrected chi connectivity index (χ0v) is 11.5. The molecule has 1 atom stereocenters. The van der Waals surface area contributed by atoms with E-state index in [0.717, 1.165) is 17.9 Å². The lowest BCUT2D eigenvalue weighted by molar-refractivity contribution is 0.0937. The third-order valence-electron chi connectivity index (χ3n) is 3.21. The molecule has 1 aromatic carbocycles. The molecule has 1 unspecified atom stereocenters. The van der Waals surface area contributed by atoms with E-state index in [-0.39, 0.29) is 24.4 Å². The van der Waals surface area contributed by atoms with Crippen LogP contribution in [0.1, 0.15) is 42.1 Å². The first-order valence-corrected chi connectivity index (χ1v) is 6.29. The second-order valence-corrected chi connectivity index (χ2v) is 4.95. The number of amides is 1. The summed E-state index contributed by atoms with van der Waals surface area (Å²) in [5.74, 6) is 0.853. The number of benzene rings is 1. The topological polar surface area (TPSA) is 55.1 Å². The molecule has 2 rings (SSSR count). The minimum atomic E-state index is 0. The molecule has 1 saturated carbocycles. The van der Waals surface area contributed by atoms with Crippen molar-refractivity contribution in [2.24, 2.45) is 11.7 Å². The van der Waals surface area contributed by atoms with Crippen LogP contribution in [-0.4, -0.2) is 11.9 Å². The van der Waals surface area contributed by atoms with Crippen molar-refractivity contribution < 1.29 is 4.79 Å². The lowest BCUT2D eigenvalue weighted by Gasteiger charge is -2.13. The van der Waals surface area contributed by atoms with Crippen LogP contribution in [0.15, 0.2) is 24.3 Å². The fourth-order valence-corrected chi connectivity index (χ4v) is 2.01. The molecule has 1 fully saturated rings. The number of carbonyl (C=O) groups excluding carboxylic acids is 1. The molecule has 0 saturated heterocycles. The van der Waals surface area contributed by atoms with Crippen molar-refractivity contribution in [2.75, 3.05) is 0 Å². The van der Waals surface area contributed by atoms with Gasteiger partial charge in [0.25, 0.3) is 5.91 Å². The number of nitrogens with two attached hydrogens (primary N) is 1. The zero-order chi connectivity index (χ0) is 12.3. The van der Waals surface area contributed by atoms with E-state index in [1.807, 2.05) is 24.3 Å². The van der Waals surface area contributed by atoms with Gasteiger partial charge in [0.15, 0.2) is 0 Å². The molecule has 1 aliphatic rings. The van der Waals surface area contributed by atoms with Gasteiger partial charge in [-0.1, -0.05) is 25.0 Å². The first-order valence-electron chi connectivity index (χ1n) is 6.29. The Balaban J connectivity index is 0.00000162. The Morgan fingerprint density at radius 2 is 2.00 bits per heavy atom. The third kappa shape index (κ3) is 4.31. The van der Waals surface area contributed by atoms with Crippen LogP contribution in [0.3, 0.4) is 0 Å². The minimum Gasteiger partial charge on any atom is -0.350 e. The predicted octanol–water partition coefficient (Wildman–Crippen LogP) is 2.49. The van der Waals surface area contributed by atoms with Crippen LogP contribution in [0.2, 0.25) is 0 Å². The first kappa shape index (κ1) is 15.0. The summed E-state index contributed by atoms with van der Waals surface area (Å²) < 4.78 is 0. The van der Waals surface area contributed by atoms with E-state index < -0.39 is 0 Å². The van der Waals surface area contributed by atoms with E-state index in [1.165, 1.54) is 12.8 Å². The van der Waals surface area contributed by atoms with Gasteiger partial charge in [-0.15, -0.1) is 12.4 Å². The molecule has 0 aliphatic heterocycles. The normalized spacial score (nSPS) is 15.7. The maximum absolute atomic E-state index is 11.9. The number of nitrogens with one attached hydrogen (secondary N) is 1. The summed E-state index contributed by atoms with van der Waals surface area (Å²) in [5, 5.41) is 3.03. The summed E-state index contributed by atoms with van der Waals surface area (Å²) >= 11 is 0. The summed E-state index contributed by atoms with van der Waals surface area (Å²) in [7, 11) is 0. The van der Waals surface area contributed by atoms with Crippen molar-refractivity contribution in [3.8, 4) is 0 Å². The van der Waals surface area contributed by atoms with E-state index >= 15 is 0 Å². The standard InChI is InChI=1S/C14H20N2O.ClH/c1-10(8-11-2-3-11)16-14(17)13-6-4-12(9-15)5-7-13;/h4-7,10-11H,2-3,8-9,15H2,1H3,(H,16,17);1H. The average molecular weight is 269 g/mol. The first-order chi connectivity index (χ1) is 8.19. The molecule has 1 amide bonds. The molecular weight excluding hydrogens is 248 g/mol. The molecule has 1 aliphatic carbocycles. The summed E-state index contributed by atoms with van der Waals surface area (Å²) in [6, 6.07) is 7.74. The largest absolute Gasteiger partial charge is 0.350 e. The molecule has 18 heavy (non-hydrogen) atoms. The average Bonchev–Trinajstić information content (AvgIpc) is 3.12. The molecule has 3 nitrogen and oxygen atoms in total. The van der Waals surface area contributed by atoms with Crippen LogP contribution in [0.4, 0.5) is 0 Å². The minimum absolute atomic E-state index is 0. The molecule has 0 radical (unpaired) electrons. The van der Waals surface area contributed by atoms with Crippen molar-refractivity contribution in [2.45, 2.75) is 38.8 Å². The van der Waals surface area contributed by atoms with Crippen molar-refractivity contribution in [3.05, 3.63) is 35.4 Å². The number of carbonyl (C=O) groups is 1. The monoisotopic (exact) mass is 268 g/mol. The van der Waals surface area contributed by atoms with Gasteiger partial charge >= 0.3 is 0 Å². The van der Waals surface area contributed by atoms with Gasteiger partial charge in [0.05, 0.1) is 0 Å². The zero-order valence-electron chi connectivity index (χ0n) is 10.7. The second-order valence-electron chi connectivity index (χ2n) is 4.95. The Morgan fingerprint density at radius 3 is 2.50 bits per heavy atom. The molecule has 1 aromatic rings. The number of rotatable bonds is 5. The van der Waals surface area contributed by atoms with Crippen molar-refractivity contribution in [1.29, 1.82) is 0 Å². The van der Waals surface area contributed by atoms with Crippen molar-refractivity contribution >= 4 is 18.3 Å². The van der Waals surface area contributed by atoms with Gasteiger partial charge in [0, 0.05) is 18.2 Å². The number of halogens is 1. The molecule has 100 valence electrons. The highest BCUT2D eigenvalue weighted by Gasteiger charge is 2.24.